The lowest BCUT2D eigenvalue weighted by Crippen LogP contribution is -2.17. The second-order valence-electron chi connectivity index (χ2n) is 15.2. The first kappa shape index (κ1) is 40.0. The number of alkyl halides is 6. The van der Waals surface area contributed by atoms with Gasteiger partial charge in [-0.15, -0.1) is 0 Å². The summed E-state index contributed by atoms with van der Waals surface area (Å²) in [6.45, 7) is 10.9. The summed E-state index contributed by atoms with van der Waals surface area (Å²) in [5.74, 6) is -4.51. The molecule has 0 saturated heterocycles. The Hall–Kier alpha value is -5.66. The Balaban J connectivity index is 1.78. The quantitative estimate of drug-likeness (QED) is 0.163. The molecule has 6 rings (SSSR count). The van der Waals surface area contributed by atoms with E-state index >= 15 is 17.6 Å². The molecular weight excluding hydrogens is 750 g/mol. The van der Waals surface area contributed by atoms with Crippen LogP contribution in [0.2, 0.25) is 0 Å². The predicted octanol–water partition coefficient (Wildman–Crippen LogP) is 12.8. The summed E-state index contributed by atoms with van der Waals surface area (Å²) in [7, 11) is 0. The van der Waals surface area contributed by atoms with Crippen LogP contribution in [-0.2, 0) is 23.2 Å². The van der Waals surface area contributed by atoms with Gasteiger partial charge in [-0.25, -0.2) is 17.6 Å². The van der Waals surface area contributed by atoms with Crippen molar-refractivity contribution in [1.82, 2.24) is 19.9 Å². The lowest BCUT2D eigenvalue weighted by molar-refractivity contribution is -0.138. The van der Waals surface area contributed by atoms with Crippen molar-refractivity contribution in [2.24, 2.45) is 0 Å². The van der Waals surface area contributed by atoms with Crippen LogP contribution in [0.15, 0.2) is 85.5 Å². The summed E-state index contributed by atoms with van der Waals surface area (Å²) in [6.07, 6.45) is -5.74. The van der Waals surface area contributed by atoms with E-state index in [0.717, 1.165) is 29.8 Å². The molecule has 0 saturated carbocycles. The number of halogens is 10. The Morgan fingerprint density at radius 2 is 0.929 bits per heavy atom. The predicted molar refractivity (Wildman–Crippen MR) is 192 cm³/mol. The lowest BCUT2D eigenvalue weighted by atomic mass is 9.75. The van der Waals surface area contributed by atoms with E-state index in [4.69, 9.17) is 0 Å². The average molecular weight is 783 g/mol. The van der Waals surface area contributed by atoms with Crippen LogP contribution in [0.5, 0.6) is 0 Å². The summed E-state index contributed by atoms with van der Waals surface area (Å²) in [4.78, 5) is 17.0. The van der Waals surface area contributed by atoms with Crippen molar-refractivity contribution in [2.75, 3.05) is 0 Å². The Morgan fingerprint density at radius 1 is 0.429 bits per heavy atom. The van der Waals surface area contributed by atoms with Gasteiger partial charge in [-0.05, 0) is 81.6 Å². The van der Waals surface area contributed by atoms with Crippen molar-refractivity contribution in [2.45, 2.75) is 64.7 Å². The zero-order valence-corrected chi connectivity index (χ0v) is 30.7. The Bertz CT molecular complexity index is 2440. The van der Waals surface area contributed by atoms with Crippen molar-refractivity contribution >= 4 is 0 Å². The van der Waals surface area contributed by atoms with Crippen LogP contribution in [-0.4, -0.2) is 19.9 Å². The summed E-state index contributed by atoms with van der Waals surface area (Å²) in [5, 5.41) is 0. The third kappa shape index (κ3) is 7.87. The molecule has 4 nitrogen and oxygen atoms in total. The number of hydrogen-bond donors (Lipinski definition) is 0. The molecule has 0 N–H and O–H groups in total. The smallest absolute Gasteiger partial charge is 0.256 e. The molecular formula is C42H32F10N4. The van der Waals surface area contributed by atoms with E-state index in [1.165, 1.54) is 12.4 Å². The molecule has 4 heterocycles. The van der Waals surface area contributed by atoms with Crippen molar-refractivity contribution < 1.29 is 43.9 Å². The summed E-state index contributed by atoms with van der Waals surface area (Å²) in [5.41, 5.74) is -4.31. The fourth-order valence-electron chi connectivity index (χ4n) is 6.47. The molecule has 0 spiro atoms. The van der Waals surface area contributed by atoms with E-state index in [-0.39, 0.29) is 50.6 Å². The Labute approximate surface area is 315 Å². The fourth-order valence-corrected chi connectivity index (χ4v) is 6.47. The van der Waals surface area contributed by atoms with Gasteiger partial charge in [-0.1, -0.05) is 41.5 Å². The van der Waals surface area contributed by atoms with E-state index in [1.807, 2.05) is 20.8 Å². The van der Waals surface area contributed by atoms with Crippen LogP contribution in [0, 0.1) is 23.3 Å². The van der Waals surface area contributed by atoms with Crippen molar-refractivity contribution in [1.29, 1.82) is 0 Å². The standard InChI is InChI=1S/C42H32F10N4/c1-39(2,3)21-11-12-53-33(13-21)38-36(27-15-25(44)17-30(46)35(27)32-10-8-23(19-55-32)42(50,51)52)37(40(4,5)6)28(20-56-38)26-14-24(43)16-29(45)34(26)31-9-7-22(18-54-31)41(47,48)49/h7-20H,1-6H3. The van der Waals surface area contributed by atoms with Crippen LogP contribution in [0.1, 0.15) is 63.8 Å². The van der Waals surface area contributed by atoms with Gasteiger partial charge in [0.15, 0.2) is 0 Å². The highest BCUT2D eigenvalue weighted by molar-refractivity contribution is 5.96. The third-order valence-electron chi connectivity index (χ3n) is 9.06. The number of benzene rings is 2. The SMILES string of the molecule is CC(C)(C)c1ccnc(-c2ncc(-c3cc(F)cc(F)c3-c3ccc(C(F)(F)F)cn3)c(C(C)(C)C)c2-c2cc(F)cc(F)c2-c2ccc(C(F)(F)F)cn2)c1. The maximum Gasteiger partial charge on any atom is 0.417 e. The molecule has 0 amide bonds. The van der Waals surface area contributed by atoms with Crippen LogP contribution in [0.25, 0.3) is 56.2 Å². The Morgan fingerprint density at radius 3 is 1.38 bits per heavy atom. The number of pyridine rings is 4. The van der Waals surface area contributed by atoms with E-state index in [9.17, 15) is 26.3 Å². The first-order chi connectivity index (χ1) is 25.9. The van der Waals surface area contributed by atoms with Gasteiger partial charge >= 0.3 is 12.4 Å². The van der Waals surface area contributed by atoms with Gasteiger partial charge in [0.2, 0.25) is 0 Å². The van der Waals surface area contributed by atoms with Gasteiger partial charge in [0, 0.05) is 59.2 Å². The van der Waals surface area contributed by atoms with Gasteiger partial charge < -0.3 is 0 Å². The molecule has 0 bridgehead atoms. The van der Waals surface area contributed by atoms with Crippen LogP contribution >= 0.6 is 0 Å². The van der Waals surface area contributed by atoms with E-state index in [2.05, 4.69) is 19.9 Å². The van der Waals surface area contributed by atoms with Gasteiger partial charge in [-0.2, -0.15) is 26.3 Å². The first-order valence-corrected chi connectivity index (χ1v) is 17.0. The topological polar surface area (TPSA) is 51.6 Å². The molecule has 4 aromatic heterocycles. The molecule has 0 aliphatic heterocycles. The highest BCUT2D eigenvalue weighted by Crippen LogP contribution is 2.49. The molecule has 56 heavy (non-hydrogen) atoms. The third-order valence-corrected chi connectivity index (χ3v) is 9.06. The molecule has 14 heteroatoms. The zero-order chi connectivity index (χ0) is 41.1. The van der Waals surface area contributed by atoms with E-state index < -0.39 is 68.7 Å². The second kappa shape index (κ2) is 14.1. The minimum atomic E-state index is -4.77. The summed E-state index contributed by atoms with van der Waals surface area (Å²) >= 11 is 0. The van der Waals surface area contributed by atoms with Crippen LogP contribution in [0.4, 0.5) is 43.9 Å². The van der Waals surface area contributed by atoms with Gasteiger partial charge in [0.05, 0.1) is 33.9 Å². The number of nitrogens with zero attached hydrogens (tertiary/aromatic N) is 4. The number of hydrogen-bond acceptors (Lipinski definition) is 4. The average Bonchev–Trinajstić information content (AvgIpc) is 3.09. The van der Waals surface area contributed by atoms with Crippen LogP contribution < -0.4 is 0 Å². The summed E-state index contributed by atoms with van der Waals surface area (Å²) < 4.78 is 144. The molecule has 290 valence electrons. The van der Waals surface area contributed by atoms with Crippen molar-refractivity contribution in [3.63, 3.8) is 0 Å². The van der Waals surface area contributed by atoms with Gasteiger partial charge in [-0.3, -0.25) is 19.9 Å². The minimum absolute atomic E-state index is 0.000319. The molecule has 0 atom stereocenters. The molecule has 0 aliphatic rings. The van der Waals surface area contributed by atoms with Crippen LogP contribution in [0.3, 0.4) is 0 Å². The highest BCUT2D eigenvalue weighted by atomic mass is 19.4. The molecule has 6 aromatic rings. The maximum absolute atomic E-state index is 16.2. The normalized spacial score (nSPS) is 12.6. The van der Waals surface area contributed by atoms with E-state index in [0.29, 0.717) is 36.7 Å². The molecule has 2 aromatic carbocycles. The molecule has 0 aliphatic carbocycles. The largest absolute Gasteiger partial charge is 0.417 e. The second-order valence-corrected chi connectivity index (χ2v) is 15.2. The van der Waals surface area contributed by atoms with Crippen molar-refractivity contribution in [3.05, 3.63) is 131 Å². The van der Waals surface area contributed by atoms with E-state index in [1.54, 1.807) is 32.9 Å². The molecule has 0 fully saturated rings. The number of rotatable bonds is 5. The summed E-state index contributed by atoms with van der Waals surface area (Å²) in [6, 6.07) is 9.71. The van der Waals surface area contributed by atoms with Crippen molar-refractivity contribution in [3.8, 4) is 56.2 Å². The molecule has 0 radical (unpaired) electrons. The first-order valence-electron chi connectivity index (χ1n) is 17.0. The van der Waals surface area contributed by atoms with Gasteiger partial charge in [0.25, 0.3) is 0 Å². The van der Waals surface area contributed by atoms with Gasteiger partial charge in [0.1, 0.15) is 23.3 Å². The zero-order valence-electron chi connectivity index (χ0n) is 30.7. The highest BCUT2D eigenvalue weighted by Gasteiger charge is 2.35. The fraction of sp³-hybridized carbons (Fsp3) is 0.238. The Kier molecular flexibility index (Phi) is 10.1. The number of aromatic nitrogens is 4. The minimum Gasteiger partial charge on any atom is -0.256 e. The maximum atomic E-state index is 16.2. The monoisotopic (exact) mass is 782 g/mol. The lowest BCUT2D eigenvalue weighted by Gasteiger charge is -2.30. The molecule has 0 unspecified atom stereocenters.